The number of nitrogens with two attached hydrogens (primary N) is 1. The van der Waals surface area contributed by atoms with Crippen molar-refractivity contribution in [3.05, 3.63) is 35.4 Å². The number of hydrogen-bond acceptors (Lipinski definition) is 1. The third-order valence-corrected chi connectivity index (χ3v) is 3.40. The molecule has 82 valence electrons. The second-order valence-electron chi connectivity index (χ2n) is 5.11. The molecule has 1 nitrogen and oxygen atoms in total. The van der Waals surface area contributed by atoms with Gasteiger partial charge in [0.15, 0.2) is 0 Å². The van der Waals surface area contributed by atoms with Crippen molar-refractivity contribution in [3.63, 3.8) is 0 Å². The Hall–Kier alpha value is -0.890. The fourth-order valence-electron chi connectivity index (χ4n) is 2.45. The van der Waals surface area contributed by atoms with Gasteiger partial charge in [0.25, 0.3) is 0 Å². The highest BCUT2D eigenvalue weighted by Gasteiger charge is 2.44. The molecule has 0 heterocycles. The van der Waals surface area contributed by atoms with Crippen molar-refractivity contribution >= 4 is 0 Å². The molecule has 1 aromatic rings. The highest BCUT2D eigenvalue weighted by molar-refractivity contribution is 5.29. The monoisotopic (exact) mass is 207 g/mol. The molecule has 1 saturated carbocycles. The zero-order valence-corrected chi connectivity index (χ0v) is 9.39. The van der Waals surface area contributed by atoms with E-state index in [1.54, 1.807) is 6.92 Å². The van der Waals surface area contributed by atoms with Crippen LogP contribution >= 0.6 is 0 Å². The molecule has 2 N–H and O–H groups in total. The van der Waals surface area contributed by atoms with E-state index in [-0.39, 0.29) is 0 Å². The molecule has 2 heteroatoms. The number of alkyl halides is 1. The number of halogens is 1. The van der Waals surface area contributed by atoms with E-state index in [1.807, 2.05) is 31.2 Å². The molecule has 2 rings (SSSR count). The number of rotatable bonds is 1. The Balaban J connectivity index is 2.27. The average Bonchev–Trinajstić information content (AvgIpc) is 2.43. The quantitative estimate of drug-likeness (QED) is 0.752. The first-order chi connectivity index (χ1) is 6.91. The van der Waals surface area contributed by atoms with Gasteiger partial charge in [0, 0.05) is 12.0 Å². The van der Waals surface area contributed by atoms with Crippen molar-refractivity contribution in [1.82, 2.24) is 0 Å². The summed E-state index contributed by atoms with van der Waals surface area (Å²) >= 11 is 0. The van der Waals surface area contributed by atoms with Crippen molar-refractivity contribution < 1.29 is 4.39 Å². The highest BCUT2D eigenvalue weighted by Crippen LogP contribution is 2.44. The van der Waals surface area contributed by atoms with Gasteiger partial charge in [-0.2, -0.15) is 0 Å². The molecular weight excluding hydrogens is 189 g/mol. The summed E-state index contributed by atoms with van der Waals surface area (Å²) in [5.41, 5.74) is 6.98. The van der Waals surface area contributed by atoms with Gasteiger partial charge in [-0.3, -0.25) is 0 Å². The summed E-state index contributed by atoms with van der Waals surface area (Å²) in [7, 11) is 0. The van der Waals surface area contributed by atoms with Gasteiger partial charge in [-0.1, -0.05) is 29.8 Å². The topological polar surface area (TPSA) is 26.0 Å². The van der Waals surface area contributed by atoms with Crippen LogP contribution in [0.4, 0.5) is 4.39 Å². The normalized spacial score (nSPS) is 35.7. The SMILES string of the molecule is Cc1ccc(C2(N)CCC(C)(F)C2)cc1. The van der Waals surface area contributed by atoms with Crippen LogP contribution in [0.25, 0.3) is 0 Å². The van der Waals surface area contributed by atoms with Gasteiger partial charge in [-0.05, 0) is 32.3 Å². The van der Waals surface area contributed by atoms with Crippen LogP contribution in [-0.2, 0) is 5.54 Å². The summed E-state index contributed by atoms with van der Waals surface area (Å²) in [5.74, 6) is 0. The molecule has 1 fully saturated rings. The summed E-state index contributed by atoms with van der Waals surface area (Å²) in [6.07, 6.45) is 1.74. The molecular formula is C13H18FN. The first-order valence-corrected chi connectivity index (χ1v) is 5.46. The van der Waals surface area contributed by atoms with Gasteiger partial charge < -0.3 is 5.73 Å². The Bertz CT molecular complexity index is 355. The van der Waals surface area contributed by atoms with E-state index in [1.165, 1.54) is 5.56 Å². The second-order valence-corrected chi connectivity index (χ2v) is 5.11. The van der Waals surface area contributed by atoms with E-state index in [0.29, 0.717) is 12.8 Å². The Morgan fingerprint density at radius 3 is 2.27 bits per heavy atom. The molecule has 1 aromatic carbocycles. The van der Waals surface area contributed by atoms with E-state index in [2.05, 4.69) is 0 Å². The lowest BCUT2D eigenvalue weighted by atomic mass is 9.88. The van der Waals surface area contributed by atoms with Crippen molar-refractivity contribution in [1.29, 1.82) is 0 Å². The van der Waals surface area contributed by atoms with Crippen LogP contribution in [0.3, 0.4) is 0 Å². The Labute approximate surface area is 90.5 Å². The maximum absolute atomic E-state index is 13.8. The lowest BCUT2D eigenvalue weighted by Gasteiger charge is -2.25. The summed E-state index contributed by atoms with van der Waals surface area (Å²) in [4.78, 5) is 0. The molecule has 0 saturated heterocycles. The Morgan fingerprint density at radius 2 is 1.80 bits per heavy atom. The lowest BCUT2D eigenvalue weighted by molar-refractivity contribution is 0.187. The summed E-state index contributed by atoms with van der Waals surface area (Å²) in [6, 6.07) is 8.13. The molecule has 0 aliphatic heterocycles. The van der Waals surface area contributed by atoms with E-state index in [4.69, 9.17) is 5.73 Å². The van der Waals surface area contributed by atoms with E-state index in [0.717, 1.165) is 12.0 Å². The number of aryl methyl sites for hydroxylation is 1. The van der Waals surface area contributed by atoms with Gasteiger partial charge in [-0.25, -0.2) is 4.39 Å². The minimum Gasteiger partial charge on any atom is -0.321 e. The Morgan fingerprint density at radius 1 is 1.20 bits per heavy atom. The lowest BCUT2D eigenvalue weighted by Crippen LogP contribution is -2.35. The van der Waals surface area contributed by atoms with Gasteiger partial charge in [0.05, 0.1) is 0 Å². The average molecular weight is 207 g/mol. The largest absolute Gasteiger partial charge is 0.321 e. The van der Waals surface area contributed by atoms with E-state index >= 15 is 0 Å². The molecule has 0 radical (unpaired) electrons. The number of hydrogen-bond donors (Lipinski definition) is 1. The maximum atomic E-state index is 13.8. The van der Waals surface area contributed by atoms with Crippen molar-refractivity contribution in [2.75, 3.05) is 0 Å². The third kappa shape index (κ3) is 2.05. The van der Waals surface area contributed by atoms with Gasteiger partial charge in [0.1, 0.15) is 5.67 Å². The van der Waals surface area contributed by atoms with Crippen LogP contribution in [0.1, 0.15) is 37.3 Å². The van der Waals surface area contributed by atoms with Gasteiger partial charge in [-0.15, -0.1) is 0 Å². The fourth-order valence-corrected chi connectivity index (χ4v) is 2.45. The van der Waals surface area contributed by atoms with E-state index < -0.39 is 11.2 Å². The first kappa shape index (κ1) is 10.6. The predicted octanol–water partition coefficient (Wildman–Crippen LogP) is 3.06. The molecule has 2 atom stereocenters. The molecule has 0 spiro atoms. The standard InChI is InChI=1S/C13H18FN/c1-10-3-5-11(6-4-10)13(15)8-7-12(2,14)9-13/h3-6H,7-9,15H2,1-2H3. The van der Waals surface area contributed by atoms with Crippen LogP contribution in [0.15, 0.2) is 24.3 Å². The smallest absolute Gasteiger partial charge is 0.110 e. The molecule has 1 aliphatic rings. The first-order valence-electron chi connectivity index (χ1n) is 5.46. The summed E-state index contributed by atoms with van der Waals surface area (Å²) < 4.78 is 13.8. The summed E-state index contributed by atoms with van der Waals surface area (Å²) in [5, 5.41) is 0. The zero-order chi connectivity index (χ0) is 11.1. The van der Waals surface area contributed by atoms with Crippen LogP contribution in [0.2, 0.25) is 0 Å². The Kier molecular flexibility index (Phi) is 2.34. The van der Waals surface area contributed by atoms with Crippen molar-refractivity contribution in [3.8, 4) is 0 Å². The van der Waals surface area contributed by atoms with Crippen LogP contribution in [0.5, 0.6) is 0 Å². The van der Waals surface area contributed by atoms with Crippen LogP contribution in [0, 0.1) is 6.92 Å². The second kappa shape index (κ2) is 3.31. The fraction of sp³-hybridized carbons (Fsp3) is 0.538. The van der Waals surface area contributed by atoms with Gasteiger partial charge in [0.2, 0.25) is 0 Å². The predicted molar refractivity (Wildman–Crippen MR) is 60.4 cm³/mol. The molecule has 0 amide bonds. The third-order valence-electron chi connectivity index (χ3n) is 3.40. The minimum absolute atomic E-state index is 0.434. The van der Waals surface area contributed by atoms with Gasteiger partial charge >= 0.3 is 0 Å². The maximum Gasteiger partial charge on any atom is 0.110 e. The number of benzene rings is 1. The van der Waals surface area contributed by atoms with E-state index in [9.17, 15) is 4.39 Å². The molecule has 15 heavy (non-hydrogen) atoms. The molecule has 0 bridgehead atoms. The zero-order valence-electron chi connectivity index (χ0n) is 9.39. The molecule has 1 aliphatic carbocycles. The summed E-state index contributed by atoms with van der Waals surface area (Å²) in [6.45, 7) is 3.69. The van der Waals surface area contributed by atoms with Crippen molar-refractivity contribution in [2.45, 2.75) is 44.3 Å². The minimum atomic E-state index is -1.10. The molecule has 2 unspecified atom stereocenters. The molecule has 0 aromatic heterocycles. The highest BCUT2D eigenvalue weighted by atomic mass is 19.1. The van der Waals surface area contributed by atoms with Crippen LogP contribution < -0.4 is 5.73 Å². The van der Waals surface area contributed by atoms with Crippen LogP contribution in [-0.4, -0.2) is 5.67 Å². The van der Waals surface area contributed by atoms with Crippen molar-refractivity contribution in [2.24, 2.45) is 5.73 Å².